The lowest BCUT2D eigenvalue weighted by Gasteiger charge is -2.04. The third-order valence-corrected chi connectivity index (χ3v) is 1.63. The summed E-state index contributed by atoms with van der Waals surface area (Å²) in [5.74, 6) is -2.28. The molecule has 0 aliphatic rings. The Morgan fingerprint density at radius 3 is 2.60 bits per heavy atom. The van der Waals surface area contributed by atoms with Crippen molar-refractivity contribution in [1.29, 1.82) is 0 Å². The number of carboxylic acids is 1. The standard InChI is InChI=1S/C9H8FNO4/c1-15-9(14)11-5-2-3-6(8(12)13)7(10)4-5/h2-4H,1H3,(H,11,14)(H,12,13). The van der Waals surface area contributed by atoms with Crippen molar-refractivity contribution in [2.75, 3.05) is 12.4 Å². The summed E-state index contributed by atoms with van der Waals surface area (Å²) in [6, 6.07) is 3.23. The number of amides is 1. The third-order valence-electron chi connectivity index (χ3n) is 1.63. The summed E-state index contributed by atoms with van der Waals surface area (Å²) in [5, 5.41) is 10.7. The fourth-order valence-corrected chi connectivity index (χ4v) is 0.935. The van der Waals surface area contributed by atoms with Crippen LogP contribution in [0.5, 0.6) is 0 Å². The highest BCUT2D eigenvalue weighted by Gasteiger charge is 2.11. The Morgan fingerprint density at radius 2 is 2.13 bits per heavy atom. The van der Waals surface area contributed by atoms with E-state index in [1.165, 1.54) is 6.07 Å². The number of halogens is 1. The molecule has 0 aliphatic carbocycles. The summed E-state index contributed by atoms with van der Waals surface area (Å²) in [6.07, 6.45) is -0.752. The van der Waals surface area contributed by atoms with Crippen LogP contribution in [0.1, 0.15) is 10.4 Å². The molecule has 0 saturated carbocycles. The van der Waals surface area contributed by atoms with Crippen LogP contribution in [-0.4, -0.2) is 24.3 Å². The van der Waals surface area contributed by atoms with E-state index in [1.54, 1.807) is 0 Å². The minimum Gasteiger partial charge on any atom is -0.478 e. The maximum atomic E-state index is 13.1. The molecule has 0 atom stereocenters. The average molecular weight is 213 g/mol. The SMILES string of the molecule is COC(=O)Nc1ccc(C(=O)O)c(F)c1. The molecule has 0 bridgehead atoms. The Morgan fingerprint density at radius 1 is 1.47 bits per heavy atom. The predicted molar refractivity (Wildman–Crippen MR) is 49.4 cm³/mol. The van der Waals surface area contributed by atoms with Crippen LogP contribution < -0.4 is 5.32 Å². The summed E-state index contributed by atoms with van der Waals surface area (Å²) in [5.41, 5.74) is -0.324. The number of methoxy groups -OCH3 is 1. The van der Waals surface area contributed by atoms with E-state index >= 15 is 0 Å². The lowest BCUT2D eigenvalue weighted by molar-refractivity contribution is 0.0692. The second-order valence-electron chi connectivity index (χ2n) is 2.62. The highest BCUT2D eigenvalue weighted by Crippen LogP contribution is 2.14. The molecule has 1 rings (SSSR count). The Balaban J connectivity index is 2.91. The van der Waals surface area contributed by atoms with Gasteiger partial charge in [0.15, 0.2) is 0 Å². The first-order chi connectivity index (χ1) is 7.04. The van der Waals surface area contributed by atoms with Crippen LogP contribution in [-0.2, 0) is 4.74 Å². The molecule has 2 N–H and O–H groups in total. The zero-order valence-electron chi connectivity index (χ0n) is 7.78. The molecular formula is C9H8FNO4. The van der Waals surface area contributed by atoms with Crippen molar-refractivity contribution in [2.24, 2.45) is 0 Å². The fourth-order valence-electron chi connectivity index (χ4n) is 0.935. The van der Waals surface area contributed by atoms with E-state index in [4.69, 9.17) is 5.11 Å². The van der Waals surface area contributed by atoms with Gasteiger partial charge in [-0.3, -0.25) is 5.32 Å². The quantitative estimate of drug-likeness (QED) is 0.783. The maximum Gasteiger partial charge on any atom is 0.411 e. The van der Waals surface area contributed by atoms with E-state index in [0.717, 1.165) is 19.2 Å². The second-order valence-corrected chi connectivity index (χ2v) is 2.62. The number of benzene rings is 1. The molecule has 0 unspecified atom stereocenters. The highest BCUT2D eigenvalue weighted by molar-refractivity contribution is 5.90. The van der Waals surface area contributed by atoms with E-state index < -0.39 is 23.4 Å². The van der Waals surface area contributed by atoms with Crippen LogP contribution in [0.15, 0.2) is 18.2 Å². The Bertz CT molecular complexity index is 405. The molecule has 0 aliphatic heterocycles. The minimum atomic E-state index is -1.36. The van der Waals surface area contributed by atoms with Crippen LogP contribution in [0.25, 0.3) is 0 Å². The predicted octanol–water partition coefficient (Wildman–Crippen LogP) is 1.70. The van der Waals surface area contributed by atoms with Crippen molar-refractivity contribution in [2.45, 2.75) is 0 Å². The van der Waals surface area contributed by atoms with Crippen molar-refractivity contribution >= 4 is 17.7 Å². The number of ether oxygens (including phenoxy) is 1. The number of hydrogen-bond donors (Lipinski definition) is 2. The number of nitrogens with one attached hydrogen (secondary N) is 1. The van der Waals surface area contributed by atoms with Crippen LogP contribution >= 0.6 is 0 Å². The number of carbonyl (C=O) groups is 2. The van der Waals surface area contributed by atoms with Gasteiger partial charge in [-0.2, -0.15) is 0 Å². The average Bonchev–Trinajstić information content (AvgIpc) is 2.17. The van der Waals surface area contributed by atoms with E-state index in [1.807, 2.05) is 0 Å². The smallest absolute Gasteiger partial charge is 0.411 e. The van der Waals surface area contributed by atoms with Gasteiger partial charge in [-0.05, 0) is 18.2 Å². The molecule has 1 aromatic carbocycles. The van der Waals surface area contributed by atoms with Crippen LogP contribution in [0.4, 0.5) is 14.9 Å². The third kappa shape index (κ3) is 2.67. The number of hydrogen-bond acceptors (Lipinski definition) is 3. The van der Waals surface area contributed by atoms with Crippen molar-refractivity contribution < 1.29 is 23.8 Å². The molecule has 15 heavy (non-hydrogen) atoms. The molecule has 1 aromatic rings. The number of carboxylic acid groups (broad SMARTS) is 1. The molecular weight excluding hydrogens is 205 g/mol. The van der Waals surface area contributed by atoms with Crippen molar-refractivity contribution in [3.05, 3.63) is 29.6 Å². The lowest BCUT2D eigenvalue weighted by Crippen LogP contribution is -2.11. The van der Waals surface area contributed by atoms with Gasteiger partial charge in [0, 0.05) is 5.69 Å². The molecule has 0 radical (unpaired) electrons. The number of rotatable bonds is 2. The molecule has 6 heteroatoms. The maximum absolute atomic E-state index is 13.1. The number of anilines is 1. The molecule has 80 valence electrons. The lowest BCUT2D eigenvalue weighted by atomic mass is 10.2. The first-order valence-corrected chi connectivity index (χ1v) is 3.92. The second kappa shape index (κ2) is 4.41. The summed E-state index contributed by atoms with van der Waals surface area (Å²) >= 11 is 0. The molecule has 1 amide bonds. The summed E-state index contributed by atoms with van der Waals surface area (Å²) in [7, 11) is 1.16. The first kappa shape index (κ1) is 11.0. The van der Waals surface area contributed by atoms with Gasteiger partial charge in [-0.1, -0.05) is 0 Å². The van der Waals surface area contributed by atoms with Gasteiger partial charge < -0.3 is 9.84 Å². The van der Waals surface area contributed by atoms with Crippen LogP contribution in [0.2, 0.25) is 0 Å². The van der Waals surface area contributed by atoms with Gasteiger partial charge in [-0.25, -0.2) is 14.0 Å². The van der Waals surface area contributed by atoms with E-state index in [9.17, 15) is 14.0 Å². The van der Waals surface area contributed by atoms with Gasteiger partial charge in [0.25, 0.3) is 0 Å². The Kier molecular flexibility index (Phi) is 3.22. The van der Waals surface area contributed by atoms with Gasteiger partial charge >= 0.3 is 12.1 Å². The molecule has 0 spiro atoms. The van der Waals surface area contributed by atoms with Gasteiger partial charge in [0.1, 0.15) is 5.82 Å². The molecule has 5 nitrogen and oxygen atoms in total. The van der Waals surface area contributed by atoms with Crippen molar-refractivity contribution in [1.82, 2.24) is 0 Å². The minimum absolute atomic E-state index is 0.129. The van der Waals surface area contributed by atoms with Gasteiger partial charge in [-0.15, -0.1) is 0 Å². The largest absolute Gasteiger partial charge is 0.478 e. The van der Waals surface area contributed by atoms with Crippen molar-refractivity contribution in [3.8, 4) is 0 Å². The Labute approximate surface area is 84.5 Å². The molecule has 0 heterocycles. The number of carbonyl (C=O) groups excluding carboxylic acids is 1. The summed E-state index contributed by atoms with van der Waals surface area (Å²) < 4.78 is 17.4. The number of aromatic carboxylic acids is 1. The van der Waals surface area contributed by atoms with Gasteiger partial charge in [0.2, 0.25) is 0 Å². The first-order valence-electron chi connectivity index (χ1n) is 3.92. The monoisotopic (exact) mass is 213 g/mol. The normalized spacial score (nSPS) is 9.47. The zero-order valence-corrected chi connectivity index (χ0v) is 7.78. The zero-order chi connectivity index (χ0) is 11.4. The fraction of sp³-hybridized carbons (Fsp3) is 0.111. The molecule has 0 aromatic heterocycles. The van der Waals surface area contributed by atoms with E-state index in [0.29, 0.717) is 0 Å². The van der Waals surface area contributed by atoms with Gasteiger partial charge in [0.05, 0.1) is 12.7 Å². The van der Waals surface area contributed by atoms with E-state index in [2.05, 4.69) is 10.1 Å². The van der Waals surface area contributed by atoms with Crippen molar-refractivity contribution in [3.63, 3.8) is 0 Å². The highest BCUT2D eigenvalue weighted by atomic mass is 19.1. The van der Waals surface area contributed by atoms with Crippen LogP contribution in [0, 0.1) is 5.82 Å². The molecule has 0 saturated heterocycles. The Hall–Kier alpha value is -2.11. The van der Waals surface area contributed by atoms with E-state index in [-0.39, 0.29) is 5.69 Å². The molecule has 0 fully saturated rings. The topological polar surface area (TPSA) is 75.6 Å². The van der Waals surface area contributed by atoms with Crippen LogP contribution in [0.3, 0.4) is 0 Å². The summed E-state index contributed by atoms with van der Waals surface area (Å²) in [4.78, 5) is 21.2. The summed E-state index contributed by atoms with van der Waals surface area (Å²) in [6.45, 7) is 0.